The maximum absolute atomic E-state index is 6.12. The highest BCUT2D eigenvalue weighted by Crippen LogP contribution is 2.25. The van der Waals surface area contributed by atoms with Gasteiger partial charge in [-0.15, -0.1) is 0 Å². The molecule has 0 saturated carbocycles. The fraction of sp³-hybridized carbons (Fsp3) is 0.0667. The molecule has 3 nitrogen and oxygen atoms in total. The average molecular weight is 350 g/mol. The summed E-state index contributed by atoms with van der Waals surface area (Å²) in [5.41, 5.74) is 2.47. The van der Waals surface area contributed by atoms with Gasteiger partial charge in [0, 0.05) is 33.5 Å². The molecule has 1 aromatic carbocycles. The molecule has 0 bridgehead atoms. The van der Waals surface area contributed by atoms with Crippen LogP contribution in [0.1, 0.15) is 5.56 Å². The van der Waals surface area contributed by atoms with E-state index in [9.17, 15) is 0 Å². The summed E-state index contributed by atoms with van der Waals surface area (Å²) >= 11 is 9.50. The maximum Gasteiger partial charge on any atom is 0.149 e. The van der Waals surface area contributed by atoms with Gasteiger partial charge in [0.1, 0.15) is 17.9 Å². The van der Waals surface area contributed by atoms with Crippen LogP contribution >= 0.6 is 27.5 Å². The highest BCUT2D eigenvalue weighted by Gasteiger charge is 2.06. The van der Waals surface area contributed by atoms with Gasteiger partial charge in [0.2, 0.25) is 0 Å². The number of fused-ring (bicyclic) bond motifs is 1. The first-order valence-corrected chi connectivity index (χ1v) is 7.17. The number of hydrogen-bond donors (Lipinski definition) is 0. The molecule has 0 aliphatic rings. The summed E-state index contributed by atoms with van der Waals surface area (Å²) in [5, 5.41) is 0.696. The Morgan fingerprint density at radius 3 is 2.85 bits per heavy atom. The highest BCUT2D eigenvalue weighted by molar-refractivity contribution is 9.10. The highest BCUT2D eigenvalue weighted by atomic mass is 79.9. The van der Waals surface area contributed by atoms with Crippen LogP contribution < -0.4 is 4.74 Å². The van der Waals surface area contributed by atoms with Crippen LogP contribution in [-0.4, -0.2) is 9.97 Å². The standard InChI is InChI=1S/C15H10BrClN2O/c16-11-7-13-15(19-8-11)14(5-6-18-13)20-9-10-3-1-2-4-12(10)17/h1-8H,9H2. The number of hydrogen-bond acceptors (Lipinski definition) is 3. The zero-order chi connectivity index (χ0) is 13.9. The van der Waals surface area contributed by atoms with Crippen LogP contribution in [0, 0.1) is 0 Å². The Morgan fingerprint density at radius 2 is 2.00 bits per heavy atom. The predicted octanol–water partition coefficient (Wildman–Crippen LogP) is 4.62. The molecule has 2 aromatic heterocycles. The fourth-order valence-electron chi connectivity index (χ4n) is 1.87. The van der Waals surface area contributed by atoms with E-state index in [1.165, 1.54) is 0 Å². The van der Waals surface area contributed by atoms with Crippen molar-refractivity contribution >= 4 is 38.6 Å². The van der Waals surface area contributed by atoms with Gasteiger partial charge >= 0.3 is 0 Å². The van der Waals surface area contributed by atoms with Crippen LogP contribution in [0.5, 0.6) is 5.75 Å². The first-order chi connectivity index (χ1) is 9.74. The van der Waals surface area contributed by atoms with Gasteiger partial charge in [-0.05, 0) is 28.1 Å². The third kappa shape index (κ3) is 2.76. The van der Waals surface area contributed by atoms with Crippen molar-refractivity contribution in [2.45, 2.75) is 6.61 Å². The van der Waals surface area contributed by atoms with Gasteiger partial charge in [-0.1, -0.05) is 29.8 Å². The van der Waals surface area contributed by atoms with Gasteiger partial charge in [0.25, 0.3) is 0 Å². The quantitative estimate of drug-likeness (QED) is 0.692. The number of nitrogens with zero attached hydrogens (tertiary/aromatic N) is 2. The van der Waals surface area contributed by atoms with Crippen molar-refractivity contribution < 1.29 is 4.74 Å². The van der Waals surface area contributed by atoms with E-state index in [1.54, 1.807) is 18.5 Å². The number of pyridine rings is 2. The van der Waals surface area contributed by atoms with Gasteiger partial charge in [-0.25, -0.2) is 4.98 Å². The zero-order valence-corrected chi connectivity index (χ0v) is 12.7. The lowest BCUT2D eigenvalue weighted by Crippen LogP contribution is -1.98. The van der Waals surface area contributed by atoms with Gasteiger partial charge in [0.15, 0.2) is 0 Å². The summed E-state index contributed by atoms with van der Waals surface area (Å²) in [6.45, 7) is 0.399. The largest absolute Gasteiger partial charge is 0.486 e. The van der Waals surface area contributed by atoms with E-state index in [1.807, 2.05) is 30.3 Å². The van der Waals surface area contributed by atoms with Crippen molar-refractivity contribution in [1.82, 2.24) is 9.97 Å². The van der Waals surface area contributed by atoms with Crippen molar-refractivity contribution in [2.75, 3.05) is 0 Å². The van der Waals surface area contributed by atoms with Crippen LogP contribution in [0.4, 0.5) is 0 Å². The molecule has 0 spiro atoms. The van der Waals surface area contributed by atoms with Crippen LogP contribution in [0.15, 0.2) is 53.3 Å². The van der Waals surface area contributed by atoms with E-state index in [-0.39, 0.29) is 0 Å². The summed E-state index contributed by atoms with van der Waals surface area (Å²) in [7, 11) is 0. The average Bonchev–Trinajstić information content (AvgIpc) is 2.46. The molecule has 0 radical (unpaired) electrons. The fourth-order valence-corrected chi connectivity index (χ4v) is 2.38. The van der Waals surface area contributed by atoms with Gasteiger partial charge < -0.3 is 4.74 Å². The Morgan fingerprint density at radius 1 is 1.15 bits per heavy atom. The lowest BCUT2D eigenvalue weighted by Gasteiger charge is -2.09. The smallest absolute Gasteiger partial charge is 0.149 e. The summed E-state index contributed by atoms with van der Waals surface area (Å²) in [6, 6.07) is 11.3. The molecule has 0 saturated heterocycles. The lowest BCUT2D eigenvalue weighted by molar-refractivity contribution is 0.309. The minimum absolute atomic E-state index is 0.399. The van der Waals surface area contributed by atoms with E-state index >= 15 is 0 Å². The minimum atomic E-state index is 0.399. The van der Waals surface area contributed by atoms with E-state index in [4.69, 9.17) is 16.3 Å². The van der Waals surface area contributed by atoms with E-state index in [0.29, 0.717) is 17.4 Å². The molecule has 0 amide bonds. The summed E-state index contributed by atoms with van der Waals surface area (Å²) in [6.07, 6.45) is 3.44. The number of benzene rings is 1. The van der Waals surface area contributed by atoms with Gasteiger partial charge in [0.05, 0.1) is 5.52 Å². The van der Waals surface area contributed by atoms with Crippen LogP contribution in [0.2, 0.25) is 5.02 Å². The first-order valence-electron chi connectivity index (χ1n) is 6.00. The van der Waals surface area contributed by atoms with Crippen molar-refractivity contribution in [2.24, 2.45) is 0 Å². The van der Waals surface area contributed by atoms with E-state index in [2.05, 4.69) is 25.9 Å². The maximum atomic E-state index is 6.12. The Kier molecular flexibility index (Phi) is 3.85. The van der Waals surface area contributed by atoms with Crippen LogP contribution in [-0.2, 0) is 6.61 Å². The molecule has 0 aliphatic carbocycles. The molecular weight excluding hydrogens is 340 g/mol. The Bertz CT molecular complexity index is 764. The number of rotatable bonds is 3. The molecular formula is C15H10BrClN2O. The molecule has 2 heterocycles. The van der Waals surface area contributed by atoms with Crippen molar-refractivity contribution in [3.05, 3.63) is 63.9 Å². The SMILES string of the molecule is Clc1ccccc1COc1ccnc2cc(Br)cnc12. The molecule has 0 aliphatic heterocycles. The third-order valence-electron chi connectivity index (χ3n) is 2.85. The lowest BCUT2D eigenvalue weighted by atomic mass is 10.2. The molecule has 0 N–H and O–H groups in total. The van der Waals surface area contributed by atoms with Crippen molar-refractivity contribution in [3.8, 4) is 5.75 Å². The third-order valence-corrected chi connectivity index (χ3v) is 3.65. The second-order valence-electron chi connectivity index (χ2n) is 4.21. The molecule has 100 valence electrons. The second-order valence-corrected chi connectivity index (χ2v) is 5.53. The molecule has 3 rings (SSSR count). The normalized spacial score (nSPS) is 10.7. The van der Waals surface area contributed by atoms with Crippen LogP contribution in [0.3, 0.4) is 0 Å². The monoisotopic (exact) mass is 348 g/mol. The van der Waals surface area contributed by atoms with Gasteiger partial charge in [-0.2, -0.15) is 0 Å². The Labute approximate surface area is 129 Å². The molecule has 0 unspecified atom stereocenters. The summed E-state index contributed by atoms with van der Waals surface area (Å²) < 4.78 is 6.71. The predicted molar refractivity (Wildman–Crippen MR) is 83.0 cm³/mol. The van der Waals surface area contributed by atoms with Crippen molar-refractivity contribution in [1.29, 1.82) is 0 Å². The van der Waals surface area contributed by atoms with Crippen LogP contribution in [0.25, 0.3) is 11.0 Å². The molecule has 0 atom stereocenters. The van der Waals surface area contributed by atoms with Gasteiger partial charge in [-0.3, -0.25) is 4.98 Å². The number of halogens is 2. The number of aromatic nitrogens is 2. The molecule has 20 heavy (non-hydrogen) atoms. The second kappa shape index (κ2) is 5.77. The first kappa shape index (κ1) is 13.3. The molecule has 0 fully saturated rings. The van der Waals surface area contributed by atoms with Crippen molar-refractivity contribution in [3.63, 3.8) is 0 Å². The Balaban J connectivity index is 1.90. The minimum Gasteiger partial charge on any atom is -0.486 e. The molecule has 5 heteroatoms. The van der Waals surface area contributed by atoms with E-state index in [0.717, 1.165) is 21.1 Å². The Hall–Kier alpha value is -1.65. The topological polar surface area (TPSA) is 35.0 Å². The summed E-state index contributed by atoms with van der Waals surface area (Å²) in [5.74, 6) is 0.697. The number of ether oxygens (including phenoxy) is 1. The molecule has 3 aromatic rings. The van der Waals surface area contributed by atoms with E-state index < -0.39 is 0 Å². The summed E-state index contributed by atoms with van der Waals surface area (Å²) in [4.78, 5) is 8.62. The zero-order valence-electron chi connectivity index (χ0n) is 10.4.